The van der Waals surface area contributed by atoms with E-state index in [1.165, 1.54) is 0 Å². The minimum absolute atomic E-state index is 0.251. The van der Waals surface area contributed by atoms with Crippen LogP contribution in [0.5, 0.6) is 0 Å². The molecule has 3 nitrogen and oxygen atoms in total. The highest BCUT2D eigenvalue weighted by molar-refractivity contribution is 5.76. The molecule has 0 fully saturated rings. The van der Waals surface area contributed by atoms with Gasteiger partial charge < -0.3 is 9.73 Å². The fourth-order valence-corrected chi connectivity index (χ4v) is 2.18. The number of anilines is 1. The van der Waals surface area contributed by atoms with Crippen molar-refractivity contribution < 1.29 is 4.42 Å². The Balaban J connectivity index is 1.74. The van der Waals surface area contributed by atoms with Gasteiger partial charge >= 0.3 is 5.63 Å². The minimum atomic E-state index is -0.251. The zero-order valence-corrected chi connectivity index (χ0v) is 11.0. The zero-order chi connectivity index (χ0) is 13.8. The molecular formula is C17H15NO2. The zero-order valence-electron chi connectivity index (χ0n) is 11.0. The molecule has 2 aromatic carbocycles. The minimum Gasteiger partial charge on any atom is -0.423 e. The van der Waals surface area contributed by atoms with Crippen molar-refractivity contribution in [3.8, 4) is 0 Å². The van der Waals surface area contributed by atoms with Crippen LogP contribution >= 0.6 is 0 Å². The summed E-state index contributed by atoms with van der Waals surface area (Å²) in [4.78, 5) is 11.9. The second-order valence-corrected chi connectivity index (χ2v) is 4.64. The monoisotopic (exact) mass is 265 g/mol. The third-order valence-corrected chi connectivity index (χ3v) is 3.21. The Hall–Kier alpha value is -2.55. The van der Waals surface area contributed by atoms with Gasteiger partial charge in [-0.15, -0.1) is 0 Å². The summed E-state index contributed by atoms with van der Waals surface area (Å²) in [6, 6.07) is 19.4. The smallest absolute Gasteiger partial charge is 0.339 e. The fourth-order valence-electron chi connectivity index (χ4n) is 2.18. The van der Waals surface area contributed by atoms with Gasteiger partial charge in [-0.05, 0) is 30.7 Å². The molecule has 0 bridgehead atoms. The molecular weight excluding hydrogens is 250 g/mol. The highest BCUT2D eigenvalue weighted by atomic mass is 16.4. The van der Waals surface area contributed by atoms with E-state index < -0.39 is 0 Å². The molecule has 3 rings (SSSR count). The van der Waals surface area contributed by atoms with Crippen LogP contribution in [0.2, 0.25) is 0 Å². The molecule has 0 radical (unpaired) electrons. The summed E-state index contributed by atoms with van der Waals surface area (Å²) in [5.74, 6) is 0. The average Bonchev–Trinajstić information content (AvgIpc) is 2.49. The molecule has 3 aromatic rings. The highest BCUT2D eigenvalue weighted by Gasteiger charge is 2.04. The van der Waals surface area contributed by atoms with E-state index in [-0.39, 0.29) is 5.63 Å². The standard InChI is InChI=1S/C17H15NO2/c19-17-14(10-11-18-15-7-2-1-3-8-15)12-13-6-4-5-9-16(13)20-17/h1-9,12,18H,10-11H2. The fraction of sp³-hybridized carbons (Fsp3) is 0.118. The van der Waals surface area contributed by atoms with Crippen LogP contribution in [0.3, 0.4) is 0 Å². The molecule has 0 unspecified atom stereocenters. The molecule has 100 valence electrons. The van der Waals surface area contributed by atoms with Gasteiger partial charge in [0.2, 0.25) is 0 Å². The number of para-hydroxylation sites is 2. The molecule has 0 saturated heterocycles. The molecule has 1 heterocycles. The molecule has 0 saturated carbocycles. The Kier molecular flexibility index (Phi) is 3.50. The van der Waals surface area contributed by atoms with Gasteiger partial charge in [-0.2, -0.15) is 0 Å². The van der Waals surface area contributed by atoms with Crippen molar-refractivity contribution in [2.75, 3.05) is 11.9 Å². The van der Waals surface area contributed by atoms with E-state index in [9.17, 15) is 4.79 Å². The maximum absolute atomic E-state index is 11.9. The van der Waals surface area contributed by atoms with Gasteiger partial charge in [0.05, 0.1) is 0 Å². The van der Waals surface area contributed by atoms with E-state index in [2.05, 4.69) is 5.32 Å². The number of nitrogens with one attached hydrogen (secondary N) is 1. The van der Waals surface area contributed by atoms with Gasteiger partial charge in [-0.25, -0.2) is 4.79 Å². The van der Waals surface area contributed by atoms with Gasteiger partial charge in [0, 0.05) is 23.2 Å². The summed E-state index contributed by atoms with van der Waals surface area (Å²) in [5, 5.41) is 4.25. The van der Waals surface area contributed by atoms with Crippen molar-refractivity contribution in [2.45, 2.75) is 6.42 Å². The summed E-state index contributed by atoms with van der Waals surface area (Å²) in [6.07, 6.45) is 0.641. The van der Waals surface area contributed by atoms with Crippen LogP contribution < -0.4 is 10.9 Å². The highest BCUT2D eigenvalue weighted by Crippen LogP contribution is 2.13. The van der Waals surface area contributed by atoms with Crippen LogP contribution in [-0.4, -0.2) is 6.54 Å². The Morgan fingerprint density at radius 1 is 0.950 bits per heavy atom. The maximum atomic E-state index is 11.9. The van der Waals surface area contributed by atoms with E-state index in [0.717, 1.165) is 11.1 Å². The van der Waals surface area contributed by atoms with E-state index in [1.807, 2.05) is 60.7 Å². The Morgan fingerprint density at radius 3 is 2.55 bits per heavy atom. The van der Waals surface area contributed by atoms with Crippen molar-refractivity contribution in [3.63, 3.8) is 0 Å². The summed E-state index contributed by atoms with van der Waals surface area (Å²) in [5.41, 5.74) is 2.14. The van der Waals surface area contributed by atoms with Crippen LogP contribution in [0.1, 0.15) is 5.56 Å². The van der Waals surface area contributed by atoms with Crippen LogP contribution in [-0.2, 0) is 6.42 Å². The quantitative estimate of drug-likeness (QED) is 0.735. The molecule has 0 aliphatic heterocycles. The lowest BCUT2D eigenvalue weighted by atomic mass is 10.1. The SMILES string of the molecule is O=c1oc2ccccc2cc1CCNc1ccccc1. The number of hydrogen-bond donors (Lipinski definition) is 1. The van der Waals surface area contributed by atoms with Crippen LogP contribution in [0.25, 0.3) is 11.0 Å². The first-order valence-corrected chi connectivity index (χ1v) is 6.63. The van der Waals surface area contributed by atoms with Crippen LogP contribution in [0.4, 0.5) is 5.69 Å². The summed E-state index contributed by atoms with van der Waals surface area (Å²) in [6.45, 7) is 0.702. The number of hydrogen-bond acceptors (Lipinski definition) is 3. The van der Waals surface area contributed by atoms with Crippen LogP contribution in [0, 0.1) is 0 Å². The molecule has 3 heteroatoms. The van der Waals surface area contributed by atoms with E-state index in [4.69, 9.17) is 4.42 Å². The predicted octanol–water partition coefficient (Wildman–Crippen LogP) is 3.45. The Morgan fingerprint density at radius 2 is 1.70 bits per heavy atom. The molecule has 0 aliphatic rings. The van der Waals surface area contributed by atoms with Gasteiger partial charge in [-0.1, -0.05) is 36.4 Å². The van der Waals surface area contributed by atoms with Crippen molar-refractivity contribution in [2.24, 2.45) is 0 Å². The Labute approximate surface area is 116 Å². The van der Waals surface area contributed by atoms with Gasteiger partial charge in [0.1, 0.15) is 5.58 Å². The number of benzene rings is 2. The molecule has 0 atom stereocenters. The molecule has 0 amide bonds. The van der Waals surface area contributed by atoms with Crippen LogP contribution in [0.15, 0.2) is 69.9 Å². The van der Waals surface area contributed by atoms with E-state index in [0.29, 0.717) is 24.1 Å². The largest absolute Gasteiger partial charge is 0.423 e. The first-order valence-electron chi connectivity index (χ1n) is 6.63. The lowest BCUT2D eigenvalue weighted by Gasteiger charge is -2.06. The summed E-state index contributed by atoms with van der Waals surface area (Å²) >= 11 is 0. The summed E-state index contributed by atoms with van der Waals surface area (Å²) in [7, 11) is 0. The predicted molar refractivity (Wildman–Crippen MR) is 81.1 cm³/mol. The second kappa shape index (κ2) is 5.61. The maximum Gasteiger partial charge on any atom is 0.339 e. The topological polar surface area (TPSA) is 42.2 Å². The van der Waals surface area contributed by atoms with Crippen molar-refractivity contribution in [1.29, 1.82) is 0 Å². The van der Waals surface area contributed by atoms with Gasteiger partial charge in [0.25, 0.3) is 0 Å². The second-order valence-electron chi connectivity index (χ2n) is 4.64. The third kappa shape index (κ3) is 2.72. The lowest BCUT2D eigenvalue weighted by molar-refractivity contribution is 0.551. The van der Waals surface area contributed by atoms with Gasteiger partial charge in [0.15, 0.2) is 0 Å². The Bertz CT molecular complexity index is 763. The first-order chi connectivity index (χ1) is 9.83. The number of fused-ring (bicyclic) bond motifs is 1. The van der Waals surface area contributed by atoms with E-state index >= 15 is 0 Å². The molecule has 0 spiro atoms. The normalized spacial score (nSPS) is 10.6. The van der Waals surface area contributed by atoms with Crippen molar-refractivity contribution in [1.82, 2.24) is 0 Å². The summed E-state index contributed by atoms with van der Waals surface area (Å²) < 4.78 is 5.31. The molecule has 1 aromatic heterocycles. The lowest BCUT2D eigenvalue weighted by Crippen LogP contribution is -2.12. The van der Waals surface area contributed by atoms with Crippen molar-refractivity contribution in [3.05, 3.63) is 76.6 Å². The third-order valence-electron chi connectivity index (χ3n) is 3.21. The molecule has 1 N–H and O–H groups in total. The average molecular weight is 265 g/mol. The number of rotatable bonds is 4. The van der Waals surface area contributed by atoms with Gasteiger partial charge in [-0.3, -0.25) is 0 Å². The molecule has 0 aliphatic carbocycles. The van der Waals surface area contributed by atoms with E-state index in [1.54, 1.807) is 0 Å². The first kappa shape index (κ1) is 12.5. The van der Waals surface area contributed by atoms with Crippen molar-refractivity contribution >= 4 is 16.7 Å². The molecule has 20 heavy (non-hydrogen) atoms.